The molecule has 2 aromatic rings. The number of nitriles is 1. The maximum atomic E-state index is 11.0. The van der Waals surface area contributed by atoms with Crippen LogP contribution in [0.5, 0.6) is 5.75 Å². The van der Waals surface area contributed by atoms with E-state index >= 15 is 0 Å². The molecule has 1 amide bonds. The summed E-state index contributed by atoms with van der Waals surface area (Å²) in [6.07, 6.45) is 1.41. The van der Waals surface area contributed by atoms with Crippen LogP contribution < -0.4 is 10.5 Å². The molecule has 2 aromatic carbocycles. The minimum atomic E-state index is -0.763. The zero-order valence-electron chi connectivity index (χ0n) is 11.9. The van der Waals surface area contributed by atoms with Crippen LogP contribution in [0.1, 0.15) is 11.1 Å². The first kappa shape index (κ1) is 16.9. The Balaban J connectivity index is 2.09. The average Bonchev–Trinajstić information content (AvgIpc) is 2.53. The number of carbonyl (C=O) groups excluding carboxylic acids is 1. The van der Waals surface area contributed by atoms with Crippen LogP contribution in [0.3, 0.4) is 0 Å². The molecule has 2 rings (SSSR count). The number of ether oxygens (including phenoxy) is 1. The van der Waals surface area contributed by atoms with Gasteiger partial charge < -0.3 is 10.5 Å². The fourth-order valence-electron chi connectivity index (χ4n) is 1.81. The number of hydrogen-bond acceptors (Lipinski definition) is 3. The maximum Gasteiger partial charge on any atom is 0.259 e. The Morgan fingerprint density at radius 1 is 1.17 bits per heavy atom. The molecule has 116 valence electrons. The van der Waals surface area contributed by atoms with E-state index in [1.807, 2.05) is 0 Å². The van der Waals surface area contributed by atoms with Crippen LogP contribution in [0.15, 0.2) is 48.0 Å². The molecule has 0 spiro atoms. The quantitative estimate of drug-likeness (QED) is 0.657. The molecule has 0 unspecified atom stereocenters. The van der Waals surface area contributed by atoms with E-state index in [0.717, 1.165) is 0 Å². The number of rotatable bonds is 5. The van der Waals surface area contributed by atoms with Crippen molar-refractivity contribution in [1.29, 1.82) is 5.26 Å². The number of halogens is 2. The largest absolute Gasteiger partial charge is 0.489 e. The molecule has 4 nitrogen and oxygen atoms in total. The van der Waals surface area contributed by atoms with Gasteiger partial charge in [-0.15, -0.1) is 0 Å². The monoisotopic (exact) mass is 346 g/mol. The Kier molecular flexibility index (Phi) is 5.64. The molecule has 2 N–H and O–H groups in total. The standard InChI is InChI=1S/C17H12Cl2N2O2/c18-15-2-1-3-16(19)14(15)10-23-13-6-4-11(5-7-13)8-12(9-20)17(21)22/h1-8H,10H2,(H2,21,22)/b12-8-. The highest BCUT2D eigenvalue weighted by Gasteiger charge is 2.07. The smallest absolute Gasteiger partial charge is 0.259 e. The summed E-state index contributed by atoms with van der Waals surface area (Å²) in [6.45, 7) is 0.235. The van der Waals surface area contributed by atoms with Gasteiger partial charge in [0, 0.05) is 15.6 Å². The number of benzene rings is 2. The van der Waals surface area contributed by atoms with Crippen molar-refractivity contribution in [2.24, 2.45) is 5.73 Å². The molecular weight excluding hydrogens is 335 g/mol. The topological polar surface area (TPSA) is 76.1 Å². The molecule has 6 heteroatoms. The Bertz CT molecular complexity index is 773. The van der Waals surface area contributed by atoms with Gasteiger partial charge in [-0.3, -0.25) is 4.79 Å². The van der Waals surface area contributed by atoms with Gasteiger partial charge in [-0.1, -0.05) is 41.4 Å². The average molecular weight is 347 g/mol. The van der Waals surface area contributed by atoms with E-state index in [0.29, 0.717) is 26.9 Å². The molecule has 0 saturated carbocycles. The first-order valence-corrected chi connectivity index (χ1v) is 7.34. The third kappa shape index (κ3) is 4.49. The van der Waals surface area contributed by atoms with Gasteiger partial charge in [0.05, 0.1) is 0 Å². The van der Waals surface area contributed by atoms with Gasteiger partial charge in [0.25, 0.3) is 5.91 Å². The van der Waals surface area contributed by atoms with Crippen molar-refractivity contribution in [2.75, 3.05) is 0 Å². The second-order valence-electron chi connectivity index (χ2n) is 4.59. The van der Waals surface area contributed by atoms with Crippen LogP contribution in [-0.2, 0) is 11.4 Å². The summed E-state index contributed by atoms with van der Waals surface area (Å²) in [5.74, 6) is -0.156. The highest BCUT2D eigenvalue weighted by molar-refractivity contribution is 6.35. The fraction of sp³-hybridized carbons (Fsp3) is 0.0588. The number of carbonyl (C=O) groups is 1. The summed E-state index contributed by atoms with van der Waals surface area (Å²) in [4.78, 5) is 11.0. The van der Waals surface area contributed by atoms with E-state index in [2.05, 4.69) is 0 Å². The second kappa shape index (κ2) is 7.68. The zero-order valence-corrected chi connectivity index (χ0v) is 13.4. The van der Waals surface area contributed by atoms with Crippen molar-refractivity contribution in [3.63, 3.8) is 0 Å². The summed E-state index contributed by atoms with van der Waals surface area (Å²) in [5.41, 5.74) is 6.35. The van der Waals surface area contributed by atoms with Crippen LogP contribution >= 0.6 is 23.2 Å². The predicted molar refractivity (Wildman–Crippen MR) is 90.0 cm³/mol. The maximum absolute atomic E-state index is 11.0. The summed E-state index contributed by atoms with van der Waals surface area (Å²) in [7, 11) is 0. The molecule has 0 fully saturated rings. The molecule has 0 atom stereocenters. The van der Waals surface area contributed by atoms with Gasteiger partial charge in [0.1, 0.15) is 24.0 Å². The lowest BCUT2D eigenvalue weighted by atomic mass is 10.1. The van der Waals surface area contributed by atoms with Crippen molar-refractivity contribution in [2.45, 2.75) is 6.61 Å². The van der Waals surface area contributed by atoms with E-state index in [9.17, 15) is 4.79 Å². The van der Waals surface area contributed by atoms with E-state index in [1.165, 1.54) is 6.08 Å². The van der Waals surface area contributed by atoms with Gasteiger partial charge in [-0.25, -0.2) is 0 Å². The van der Waals surface area contributed by atoms with Gasteiger partial charge in [0.15, 0.2) is 0 Å². The van der Waals surface area contributed by atoms with Gasteiger partial charge >= 0.3 is 0 Å². The van der Waals surface area contributed by atoms with E-state index in [4.69, 9.17) is 38.9 Å². The second-order valence-corrected chi connectivity index (χ2v) is 5.41. The summed E-state index contributed by atoms with van der Waals surface area (Å²) >= 11 is 12.2. The molecule has 0 aliphatic carbocycles. The zero-order chi connectivity index (χ0) is 16.8. The SMILES string of the molecule is N#C/C(=C/c1ccc(OCc2c(Cl)cccc2Cl)cc1)C(N)=O. The third-order valence-corrected chi connectivity index (χ3v) is 3.73. The van der Waals surface area contributed by atoms with Crippen molar-refractivity contribution in [1.82, 2.24) is 0 Å². The Morgan fingerprint density at radius 3 is 2.30 bits per heavy atom. The lowest BCUT2D eigenvalue weighted by Gasteiger charge is -2.09. The van der Waals surface area contributed by atoms with Gasteiger partial charge in [-0.05, 0) is 35.9 Å². The van der Waals surface area contributed by atoms with Crippen molar-refractivity contribution >= 4 is 35.2 Å². The molecule has 0 aromatic heterocycles. The van der Waals surface area contributed by atoms with Crippen LogP contribution in [0.25, 0.3) is 6.08 Å². The highest BCUT2D eigenvalue weighted by atomic mass is 35.5. The number of hydrogen-bond donors (Lipinski definition) is 1. The van der Waals surface area contributed by atoms with E-state index in [1.54, 1.807) is 48.5 Å². The first-order valence-electron chi connectivity index (χ1n) is 6.58. The number of amides is 1. The normalized spacial score (nSPS) is 10.9. The van der Waals surface area contributed by atoms with Crippen LogP contribution in [0, 0.1) is 11.3 Å². The predicted octanol–water partition coefficient (Wildman–Crippen LogP) is 3.96. The van der Waals surface area contributed by atoms with E-state index in [-0.39, 0.29) is 12.2 Å². The molecule has 0 aliphatic heterocycles. The number of nitrogens with zero attached hydrogens (tertiary/aromatic N) is 1. The van der Waals surface area contributed by atoms with Gasteiger partial charge in [0.2, 0.25) is 0 Å². The Morgan fingerprint density at radius 2 is 1.78 bits per heavy atom. The minimum Gasteiger partial charge on any atom is -0.489 e. The molecule has 23 heavy (non-hydrogen) atoms. The number of nitrogens with two attached hydrogens (primary N) is 1. The number of primary amides is 1. The summed E-state index contributed by atoms with van der Waals surface area (Å²) < 4.78 is 5.64. The Hall–Kier alpha value is -2.48. The molecule has 0 saturated heterocycles. The third-order valence-electron chi connectivity index (χ3n) is 3.02. The lowest BCUT2D eigenvalue weighted by Crippen LogP contribution is -2.12. The molecule has 0 aliphatic rings. The van der Waals surface area contributed by atoms with Crippen LogP contribution in [0.4, 0.5) is 0 Å². The molecule has 0 bridgehead atoms. The fourth-order valence-corrected chi connectivity index (χ4v) is 2.32. The molecule has 0 heterocycles. The minimum absolute atomic E-state index is 0.110. The van der Waals surface area contributed by atoms with Crippen LogP contribution in [0.2, 0.25) is 10.0 Å². The summed E-state index contributed by atoms with van der Waals surface area (Å²) in [6, 6.07) is 13.9. The Labute approximate surface area is 143 Å². The molecular formula is C17H12Cl2N2O2. The molecule has 0 radical (unpaired) electrons. The summed E-state index contributed by atoms with van der Waals surface area (Å²) in [5, 5.41) is 9.88. The van der Waals surface area contributed by atoms with Crippen LogP contribution in [-0.4, -0.2) is 5.91 Å². The van der Waals surface area contributed by atoms with E-state index < -0.39 is 5.91 Å². The lowest BCUT2D eigenvalue weighted by molar-refractivity contribution is -0.114. The van der Waals surface area contributed by atoms with Crippen molar-refractivity contribution < 1.29 is 9.53 Å². The van der Waals surface area contributed by atoms with Crippen molar-refractivity contribution in [3.05, 3.63) is 69.2 Å². The highest BCUT2D eigenvalue weighted by Crippen LogP contribution is 2.26. The van der Waals surface area contributed by atoms with Crippen molar-refractivity contribution in [3.8, 4) is 11.8 Å². The first-order chi connectivity index (χ1) is 11.0. The van der Waals surface area contributed by atoms with Gasteiger partial charge in [-0.2, -0.15) is 5.26 Å².